The lowest BCUT2D eigenvalue weighted by molar-refractivity contribution is -0.122. The molecule has 0 radical (unpaired) electrons. The monoisotopic (exact) mass is 390 g/mol. The van der Waals surface area contributed by atoms with E-state index < -0.39 is 18.1 Å². The molecule has 0 aliphatic carbocycles. The minimum Gasteiger partial charge on any atom is -0.366 e. The van der Waals surface area contributed by atoms with Gasteiger partial charge in [-0.05, 0) is 49.2 Å². The lowest BCUT2D eigenvalue weighted by Crippen LogP contribution is -2.65. The Morgan fingerprint density at radius 1 is 1.03 bits per heavy atom. The fourth-order valence-electron chi connectivity index (χ4n) is 3.96. The number of benzene rings is 2. The molecule has 0 saturated carbocycles. The summed E-state index contributed by atoms with van der Waals surface area (Å²) in [5.74, 6) is -0.700. The first-order chi connectivity index (χ1) is 13.8. The molecule has 7 heteroatoms. The van der Waals surface area contributed by atoms with Crippen molar-refractivity contribution in [1.82, 2.24) is 10.2 Å². The first-order valence-electron chi connectivity index (χ1n) is 9.38. The summed E-state index contributed by atoms with van der Waals surface area (Å²) in [5.41, 5.74) is 3.60. The normalized spacial score (nSPS) is 20.9. The largest absolute Gasteiger partial charge is 0.366 e. The lowest BCUT2D eigenvalue weighted by Gasteiger charge is -2.37. The number of imide groups is 1. The Bertz CT molecular complexity index is 1010. The van der Waals surface area contributed by atoms with Crippen LogP contribution in [0.3, 0.4) is 0 Å². The summed E-state index contributed by atoms with van der Waals surface area (Å²) in [5, 5.41) is 5.70. The van der Waals surface area contributed by atoms with Gasteiger partial charge in [-0.3, -0.25) is 9.59 Å². The van der Waals surface area contributed by atoms with Crippen molar-refractivity contribution in [1.29, 1.82) is 0 Å². The van der Waals surface area contributed by atoms with E-state index >= 15 is 0 Å². The minimum atomic E-state index is -0.703. The third-order valence-electron chi connectivity index (χ3n) is 5.14. The molecule has 0 spiro atoms. The summed E-state index contributed by atoms with van der Waals surface area (Å²) < 4.78 is 0. The Morgan fingerprint density at radius 2 is 1.69 bits per heavy atom. The molecule has 4 amide bonds. The highest BCUT2D eigenvalue weighted by atomic mass is 16.2. The van der Waals surface area contributed by atoms with Gasteiger partial charge in [0.1, 0.15) is 6.04 Å². The highest BCUT2D eigenvalue weighted by Gasteiger charge is 2.49. The fraction of sp³-hybridized carbons (Fsp3) is 0.227. The average molecular weight is 390 g/mol. The molecule has 2 N–H and O–H groups in total. The van der Waals surface area contributed by atoms with Gasteiger partial charge in [-0.25, -0.2) is 9.69 Å². The molecule has 29 heavy (non-hydrogen) atoms. The van der Waals surface area contributed by atoms with Gasteiger partial charge in [0, 0.05) is 18.9 Å². The number of likely N-dealkylation sites (N-methyl/N-ethyl adjacent to an activating group) is 1. The van der Waals surface area contributed by atoms with Crippen molar-refractivity contribution in [2.75, 3.05) is 17.3 Å². The predicted molar refractivity (Wildman–Crippen MR) is 110 cm³/mol. The molecule has 1 fully saturated rings. The van der Waals surface area contributed by atoms with Gasteiger partial charge in [0.2, 0.25) is 0 Å². The molecular weight excluding hydrogens is 368 g/mol. The summed E-state index contributed by atoms with van der Waals surface area (Å²) in [6.07, 6.45) is 1.62. The molecule has 1 saturated heterocycles. The number of hydrogen-bond donors (Lipinski definition) is 2. The molecule has 2 atom stereocenters. The van der Waals surface area contributed by atoms with Crippen LogP contribution in [0, 0.1) is 13.8 Å². The molecule has 2 aromatic rings. The Hall–Kier alpha value is -3.61. The minimum absolute atomic E-state index is 0.337. The first kappa shape index (κ1) is 18.7. The van der Waals surface area contributed by atoms with E-state index in [1.54, 1.807) is 42.4 Å². The van der Waals surface area contributed by atoms with Crippen molar-refractivity contribution in [3.63, 3.8) is 0 Å². The summed E-state index contributed by atoms with van der Waals surface area (Å²) >= 11 is 0. The van der Waals surface area contributed by atoms with E-state index in [-0.39, 0.29) is 11.8 Å². The van der Waals surface area contributed by atoms with Crippen LogP contribution in [0.5, 0.6) is 0 Å². The first-order valence-corrected chi connectivity index (χ1v) is 9.38. The van der Waals surface area contributed by atoms with E-state index in [4.69, 9.17) is 0 Å². The van der Waals surface area contributed by atoms with Crippen molar-refractivity contribution < 1.29 is 14.4 Å². The number of nitrogens with zero attached hydrogens (tertiary/aromatic N) is 2. The predicted octanol–water partition coefficient (Wildman–Crippen LogP) is 2.56. The van der Waals surface area contributed by atoms with Gasteiger partial charge in [-0.1, -0.05) is 24.3 Å². The topological polar surface area (TPSA) is 81.8 Å². The van der Waals surface area contributed by atoms with Crippen LogP contribution in [0.25, 0.3) is 0 Å². The van der Waals surface area contributed by atoms with Gasteiger partial charge in [-0.2, -0.15) is 0 Å². The number of hydrogen-bond acceptors (Lipinski definition) is 4. The molecule has 0 aromatic heterocycles. The van der Waals surface area contributed by atoms with Gasteiger partial charge in [0.05, 0.1) is 17.3 Å². The van der Waals surface area contributed by atoms with Crippen LogP contribution >= 0.6 is 0 Å². The zero-order valence-corrected chi connectivity index (χ0v) is 16.5. The maximum Gasteiger partial charge on any atom is 0.329 e. The molecule has 2 aliphatic heterocycles. The Labute approximate surface area is 169 Å². The second kappa shape index (κ2) is 7.09. The highest BCUT2D eigenvalue weighted by molar-refractivity contribution is 6.20. The highest BCUT2D eigenvalue weighted by Crippen LogP contribution is 2.30. The number of carbonyl (C=O) groups excluding carboxylic acids is 3. The van der Waals surface area contributed by atoms with E-state index in [2.05, 4.69) is 10.6 Å². The molecule has 2 aliphatic rings. The van der Waals surface area contributed by atoms with Gasteiger partial charge < -0.3 is 15.5 Å². The van der Waals surface area contributed by atoms with E-state index in [0.717, 1.165) is 16.0 Å². The number of nitrogens with one attached hydrogen (secondary N) is 2. The van der Waals surface area contributed by atoms with Gasteiger partial charge in [0.25, 0.3) is 11.8 Å². The van der Waals surface area contributed by atoms with Crippen LogP contribution in [0.15, 0.2) is 60.3 Å². The second-order valence-electron chi connectivity index (χ2n) is 7.46. The summed E-state index contributed by atoms with van der Waals surface area (Å²) in [4.78, 5) is 41.5. The maximum absolute atomic E-state index is 13.1. The van der Waals surface area contributed by atoms with E-state index in [1.165, 1.54) is 0 Å². The average Bonchev–Trinajstić information content (AvgIpc) is 2.98. The van der Waals surface area contributed by atoms with E-state index in [9.17, 15) is 14.4 Å². The van der Waals surface area contributed by atoms with Crippen LogP contribution < -0.4 is 15.5 Å². The Balaban J connectivity index is 1.58. The van der Waals surface area contributed by atoms with Crippen molar-refractivity contribution in [3.05, 3.63) is 71.4 Å². The van der Waals surface area contributed by atoms with Crippen molar-refractivity contribution in [3.8, 4) is 0 Å². The number of amides is 4. The molecule has 7 nitrogen and oxygen atoms in total. The number of aryl methyl sites for hydroxylation is 2. The summed E-state index contributed by atoms with van der Waals surface area (Å²) in [7, 11) is 1.73. The zero-order valence-electron chi connectivity index (χ0n) is 16.5. The summed E-state index contributed by atoms with van der Waals surface area (Å²) in [6.45, 7) is 3.92. The number of fused-ring (bicyclic) bond motifs is 1. The zero-order chi connectivity index (χ0) is 20.7. The van der Waals surface area contributed by atoms with Crippen LogP contribution in [-0.2, 0) is 9.59 Å². The molecular formula is C22H22N4O3. The summed E-state index contributed by atoms with van der Waals surface area (Å²) in [6, 6.07) is 12.6. The molecule has 2 heterocycles. The third kappa shape index (κ3) is 3.35. The van der Waals surface area contributed by atoms with Crippen LogP contribution in [0.2, 0.25) is 0 Å². The molecule has 4 rings (SSSR count). The van der Waals surface area contributed by atoms with Gasteiger partial charge in [-0.15, -0.1) is 0 Å². The second-order valence-corrected chi connectivity index (χ2v) is 7.46. The SMILES string of the molecule is Cc1cc(C)cc(NC(=O)C2=CN(C)C3C(=O)N(c4ccccc4)C(=O)NC23)c1. The number of rotatable bonds is 3. The number of para-hydroxylation sites is 1. The molecule has 2 aromatic carbocycles. The number of carbonyl (C=O) groups is 3. The van der Waals surface area contributed by atoms with Crippen molar-refractivity contribution in [2.24, 2.45) is 0 Å². The quantitative estimate of drug-likeness (QED) is 0.844. The van der Waals surface area contributed by atoms with Crippen molar-refractivity contribution >= 4 is 29.2 Å². The Morgan fingerprint density at radius 3 is 2.34 bits per heavy atom. The van der Waals surface area contributed by atoms with Crippen LogP contribution in [0.1, 0.15) is 11.1 Å². The third-order valence-corrected chi connectivity index (χ3v) is 5.14. The maximum atomic E-state index is 13.1. The Kier molecular flexibility index (Phi) is 4.58. The molecule has 148 valence electrons. The molecule has 2 unspecified atom stereocenters. The number of anilines is 2. The van der Waals surface area contributed by atoms with E-state index in [1.807, 2.05) is 38.1 Å². The molecule has 0 bridgehead atoms. The van der Waals surface area contributed by atoms with Gasteiger partial charge >= 0.3 is 6.03 Å². The number of urea groups is 1. The van der Waals surface area contributed by atoms with Crippen molar-refractivity contribution in [2.45, 2.75) is 25.9 Å². The van der Waals surface area contributed by atoms with E-state index in [0.29, 0.717) is 16.9 Å². The van der Waals surface area contributed by atoms with Gasteiger partial charge in [0.15, 0.2) is 0 Å². The lowest BCUT2D eigenvalue weighted by atomic mass is 9.99. The van der Waals surface area contributed by atoms with Crippen LogP contribution in [0.4, 0.5) is 16.2 Å². The van der Waals surface area contributed by atoms with Crippen LogP contribution in [-0.4, -0.2) is 41.9 Å². The smallest absolute Gasteiger partial charge is 0.329 e. The fourth-order valence-corrected chi connectivity index (χ4v) is 3.96. The standard InChI is InChI=1S/C22H22N4O3/c1-13-9-14(2)11-15(10-13)23-20(27)17-12-25(3)19-18(17)24-22(29)26(21(19)28)16-7-5-4-6-8-16/h4-12,18-19H,1-3H3,(H,23,27)(H,24,29).